The smallest absolute Gasteiger partial charge is 0.407 e. The molecule has 0 radical (unpaired) electrons. The molecule has 5 aliphatic rings. The van der Waals surface area contributed by atoms with E-state index in [0.29, 0.717) is 42.2 Å². The Morgan fingerprint density at radius 2 is 2.05 bits per heavy atom. The molecular formula is C31H44N2O5. The number of carbonyl (C=O) groups is 1. The van der Waals surface area contributed by atoms with Crippen molar-refractivity contribution >= 4 is 6.09 Å². The molecule has 1 aliphatic heterocycles. The number of aliphatic hydroxyl groups is 1. The fourth-order valence-corrected chi connectivity index (χ4v) is 9.25. The average Bonchev–Trinajstić information content (AvgIpc) is 3.47. The van der Waals surface area contributed by atoms with Crippen LogP contribution in [0.4, 0.5) is 4.79 Å². The zero-order valence-electron chi connectivity index (χ0n) is 23.0. The number of nitrogens with one attached hydrogen (secondary N) is 1. The van der Waals surface area contributed by atoms with Gasteiger partial charge in [0.2, 0.25) is 0 Å². The van der Waals surface area contributed by atoms with Crippen molar-refractivity contribution in [2.24, 2.45) is 28.6 Å². The highest BCUT2D eigenvalue weighted by Crippen LogP contribution is 2.67. The summed E-state index contributed by atoms with van der Waals surface area (Å²) in [6, 6.07) is 3.53. The molecule has 8 atom stereocenters. The monoisotopic (exact) mass is 524 g/mol. The minimum absolute atomic E-state index is 0.00917. The van der Waals surface area contributed by atoms with Crippen molar-refractivity contribution in [1.29, 1.82) is 0 Å². The van der Waals surface area contributed by atoms with Gasteiger partial charge in [0.25, 0.3) is 0 Å². The molecule has 0 aromatic carbocycles. The Hall–Kier alpha value is -2.12. The van der Waals surface area contributed by atoms with Gasteiger partial charge in [-0.1, -0.05) is 25.5 Å². The van der Waals surface area contributed by atoms with Gasteiger partial charge < -0.3 is 19.6 Å². The minimum atomic E-state index is -0.292. The van der Waals surface area contributed by atoms with Crippen LogP contribution in [0.3, 0.4) is 0 Å². The van der Waals surface area contributed by atoms with Crippen LogP contribution in [0, 0.1) is 28.6 Å². The van der Waals surface area contributed by atoms with Gasteiger partial charge in [0.1, 0.15) is 6.10 Å². The number of amides is 1. The Morgan fingerprint density at radius 3 is 2.82 bits per heavy atom. The summed E-state index contributed by atoms with van der Waals surface area (Å²) in [6.45, 7) is 7.88. The minimum Gasteiger partial charge on any atom is -0.446 e. The van der Waals surface area contributed by atoms with E-state index >= 15 is 0 Å². The van der Waals surface area contributed by atoms with Crippen LogP contribution in [0.25, 0.3) is 0 Å². The summed E-state index contributed by atoms with van der Waals surface area (Å²) in [5.41, 5.74) is 2.99. The number of hydrogen-bond acceptors (Lipinski definition) is 6. The number of allylic oxidation sites excluding steroid dienone is 2. The van der Waals surface area contributed by atoms with Crippen molar-refractivity contribution in [2.75, 3.05) is 26.2 Å². The van der Waals surface area contributed by atoms with Gasteiger partial charge in [-0.2, -0.15) is 0 Å². The molecule has 4 fully saturated rings. The third-order valence-electron chi connectivity index (χ3n) is 11.4. The molecule has 2 N–H and O–H groups in total. The van der Waals surface area contributed by atoms with Gasteiger partial charge in [-0.15, -0.1) is 0 Å². The zero-order valence-corrected chi connectivity index (χ0v) is 23.0. The van der Waals surface area contributed by atoms with E-state index < -0.39 is 0 Å². The van der Waals surface area contributed by atoms with Crippen molar-refractivity contribution < 1.29 is 19.1 Å². The van der Waals surface area contributed by atoms with Gasteiger partial charge >= 0.3 is 11.7 Å². The van der Waals surface area contributed by atoms with Crippen molar-refractivity contribution in [2.45, 2.75) is 89.8 Å². The molecule has 4 aliphatic carbocycles. The number of β-amino-alcohol motifs (C(OH)–C–C–N with tert-alkyl or cyclic N) is 1. The second-order valence-corrected chi connectivity index (χ2v) is 13.3. The molecule has 7 nitrogen and oxygen atoms in total. The van der Waals surface area contributed by atoms with E-state index in [4.69, 9.17) is 9.15 Å². The Balaban J connectivity index is 1.05. The van der Waals surface area contributed by atoms with Crippen LogP contribution in [0.15, 0.2) is 39.3 Å². The molecule has 1 saturated heterocycles. The van der Waals surface area contributed by atoms with Crippen LogP contribution in [0.1, 0.15) is 83.1 Å². The Bertz CT molecular complexity index is 1110. The van der Waals surface area contributed by atoms with Crippen molar-refractivity contribution in [3.63, 3.8) is 0 Å². The van der Waals surface area contributed by atoms with Crippen LogP contribution < -0.4 is 10.9 Å². The normalized spacial score (nSPS) is 40.6. The maximum atomic E-state index is 12.5. The molecule has 0 spiro atoms. The molecule has 7 heteroatoms. The van der Waals surface area contributed by atoms with E-state index in [1.165, 1.54) is 25.7 Å². The second-order valence-electron chi connectivity index (χ2n) is 13.3. The maximum absolute atomic E-state index is 12.5. The van der Waals surface area contributed by atoms with E-state index in [-0.39, 0.29) is 29.3 Å². The van der Waals surface area contributed by atoms with Crippen molar-refractivity contribution in [3.8, 4) is 0 Å². The average molecular weight is 525 g/mol. The van der Waals surface area contributed by atoms with Gasteiger partial charge in [-0.25, -0.2) is 9.59 Å². The lowest BCUT2D eigenvalue weighted by atomic mass is 9.46. The van der Waals surface area contributed by atoms with E-state index in [2.05, 4.69) is 30.1 Å². The summed E-state index contributed by atoms with van der Waals surface area (Å²) in [7, 11) is 0. The lowest BCUT2D eigenvalue weighted by Crippen LogP contribution is -2.52. The third kappa shape index (κ3) is 4.64. The van der Waals surface area contributed by atoms with E-state index in [0.717, 1.165) is 50.8 Å². The second kappa shape index (κ2) is 10.1. The van der Waals surface area contributed by atoms with Crippen molar-refractivity contribution in [3.05, 3.63) is 46.0 Å². The molecule has 38 heavy (non-hydrogen) atoms. The van der Waals surface area contributed by atoms with Crippen LogP contribution in [-0.4, -0.2) is 54.5 Å². The first-order chi connectivity index (χ1) is 18.3. The van der Waals surface area contributed by atoms with Gasteiger partial charge in [-0.3, -0.25) is 4.90 Å². The first-order valence-corrected chi connectivity index (χ1v) is 14.9. The van der Waals surface area contributed by atoms with Crippen LogP contribution in [-0.2, 0) is 4.74 Å². The zero-order chi connectivity index (χ0) is 26.5. The predicted octanol–water partition coefficient (Wildman–Crippen LogP) is 4.85. The Kier molecular flexibility index (Phi) is 6.96. The fourth-order valence-electron chi connectivity index (χ4n) is 9.25. The highest BCUT2D eigenvalue weighted by Gasteiger charge is 2.58. The van der Waals surface area contributed by atoms with Crippen LogP contribution in [0.5, 0.6) is 0 Å². The molecule has 1 aromatic rings. The number of ether oxygens (including phenoxy) is 1. The number of carbonyl (C=O) groups excluding carboxylic acids is 1. The lowest BCUT2D eigenvalue weighted by molar-refractivity contribution is -0.0842. The molecule has 0 unspecified atom stereocenters. The largest absolute Gasteiger partial charge is 0.446 e. The highest BCUT2D eigenvalue weighted by molar-refractivity contribution is 5.67. The molecule has 2 heterocycles. The van der Waals surface area contributed by atoms with Crippen LogP contribution in [0.2, 0.25) is 0 Å². The molecule has 1 aromatic heterocycles. The quantitative estimate of drug-likeness (QED) is 0.535. The number of nitrogens with zero attached hydrogens (tertiary/aromatic N) is 1. The van der Waals surface area contributed by atoms with Gasteiger partial charge in [0, 0.05) is 32.2 Å². The SMILES string of the molecule is C[C@]12CC[C@H](OC(=O)NCCN3CC[C@@H](O)C3)C[C@H]1CC[C@H]1C3=CC[C@H](c4ccc(=O)oc4)[C@@]3(C)CC[C@@H]12. The third-order valence-corrected chi connectivity index (χ3v) is 11.4. The maximum Gasteiger partial charge on any atom is 0.407 e. The van der Waals surface area contributed by atoms with Gasteiger partial charge in [-0.05, 0) is 104 Å². The molecule has 0 bridgehead atoms. The standard InChI is InChI=1S/C31H44N2O5/c1-30-12-9-23(38-29(36)32-14-16-33-15-11-22(34)18-33)17-21(30)4-5-24-26-7-6-25(20-3-8-28(35)37-19-20)31(26,2)13-10-27(24)30/h3,7-8,19,21-25,27,34H,4-6,9-18H2,1-2H3,(H,32,36)/t21-,22-,23+,24+,25-,27+,30+,31-/m1/s1. The molecular weight excluding hydrogens is 480 g/mol. The first kappa shape index (κ1) is 26.1. The number of rotatable bonds is 5. The fraction of sp³-hybridized carbons (Fsp3) is 0.742. The lowest BCUT2D eigenvalue weighted by Gasteiger charge is -2.59. The summed E-state index contributed by atoms with van der Waals surface area (Å²) < 4.78 is 11.1. The molecule has 6 rings (SSSR count). The summed E-state index contributed by atoms with van der Waals surface area (Å²) >= 11 is 0. The summed E-state index contributed by atoms with van der Waals surface area (Å²) in [6.07, 6.45) is 13.5. The van der Waals surface area contributed by atoms with E-state index in [1.807, 2.05) is 6.07 Å². The number of aliphatic hydroxyl groups excluding tert-OH is 1. The molecule has 3 saturated carbocycles. The number of hydrogen-bond donors (Lipinski definition) is 2. The van der Waals surface area contributed by atoms with Gasteiger partial charge in [0.15, 0.2) is 0 Å². The van der Waals surface area contributed by atoms with E-state index in [9.17, 15) is 14.7 Å². The highest BCUT2D eigenvalue weighted by atomic mass is 16.6. The summed E-state index contributed by atoms with van der Waals surface area (Å²) in [5, 5.41) is 12.6. The van der Waals surface area contributed by atoms with Crippen molar-refractivity contribution in [1.82, 2.24) is 10.2 Å². The summed E-state index contributed by atoms with van der Waals surface area (Å²) in [4.78, 5) is 26.2. The molecule has 208 valence electrons. The van der Waals surface area contributed by atoms with E-state index in [1.54, 1.807) is 17.9 Å². The number of alkyl carbamates (subject to hydrolysis) is 1. The number of fused-ring (bicyclic) bond motifs is 5. The van der Waals surface area contributed by atoms with Gasteiger partial charge in [0.05, 0.1) is 12.4 Å². The Morgan fingerprint density at radius 1 is 1.18 bits per heavy atom. The topological polar surface area (TPSA) is 92.0 Å². The molecule has 1 amide bonds. The first-order valence-electron chi connectivity index (χ1n) is 14.9. The van der Waals surface area contributed by atoms with Crippen LogP contribution >= 0.6 is 0 Å². The number of likely N-dealkylation sites (tertiary alicyclic amines) is 1. The summed E-state index contributed by atoms with van der Waals surface area (Å²) in [5.74, 6) is 2.33. The predicted molar refractivity (Wildman–Crippen MR) is 145 cm³/mol. The Labute approximate surface area is 226 Å².